The van der Waals surface area contributed by atoms with Gasteiger partial charge in [-0.2, -0.15) is 0 Å². The summed E-state index contributed by atoms with van der Waals surface area (Å²) in [6.07, 6.45) is 76.4. The number of carbonyl (C=O) groups excluding carboxylic acids is 4. The van der Waals surface area contributed by atoms with Crippen molar-refractivity contribution in [2.75, 3.05) is 0 Å². The fourth-order valence-corrected chi connectivity index (χ4v) is 7.82. The van der Waals surface area contributed by atoms with Gasteiger partial charge in [-0.05, 0) is 175 Å². The number of ether oxygens (including phenoxy) is 4. The minimum Gasteiger partial charge on any atom is -0.462 e. The monoisotopic (exact) mass is 995 g/mol. The van der Waals surface area contributed by atoms with E-state index in [2.05, 4.69) is 85.9 Å². The van der Waals surface area contributed by atoms with Crippen molar-refractivity contribution in [3.05, 3.63) is 134 Å². The summed E-state index contributed by atoms with van der Waals surface area (Å²) in [7, 11) is 0. The second-order valence-electron chi connectivity index (χ2n) is 19.1. The van der Waals surface area contributed by atoms with E-state index in [1.165, 1.54) is 69.6 Å². The summed E-state index contributed by atoms with van der Waals surface area (Å²) in [5, 5.41) is 0. The van der Waals surface area contributed by atoms with Crippen LogP contribution in [0, 0.1) is 0 Å². The first kappa shape index (κ1) is 65.0. The van der Waals surface area contributed by atoms with Crippen molar-refractivity contribution in [1.82, 2.24) is 0 Å². The lowest BCUT2D eigenvalue weighted by atomic mass is 10.1. The predicted octanol–water partition coefficient (Wildman–Crippen LogP) is 17.5. The van der Waals surface area contributed by atoms with E-state index < -0.39 is 0 Å². The summed E-state index contributed by atoms with van der Waals surface area (Å²) < 4.78 is 21.3. The van der Waals surface area contributed by atoms with Crippen LogP contribution >= 0.6 is 0 Å². The third kappa shape index (κ3) is 46.1. The number of esters is 4. The molecule has 8 heteroatoms. The van der Waals surface area contributed by atoms with Crippen LogP contribution in [-0.4, -0.2) is 48.3 Å². The van der Waals surface area contributed by atoms with Gasteiger partial charge < -0.3 is 18.9 Å². The first-order valence-electron chi connectivity index (χ1n) is 28.2. The SMILES string of the molecule is CC1CCCC/C=C\CCC/C=C/C=C/C(=O)O1.CC1CCCC/C=C\CCC/C=C/C=C\C(=O)O1.CCCC1C/C=C\C/C=C\CCCCCCCC(=O)O1.C[C@H]1CCC/C=C/CC/C=C/C=C/C(=O)O1. The summed E-state index contributed by atoms with van der Waals surface area (Å²) in [6, 6.07) is 0. The van der Waals surface area contributed by atoms with Gasteiger partial charge in [0.2, 0.25) is 0 Å². The molecule has 4 heterocycles. The van der Waals surface area contributed by atoms with Gasteiger partial charge in [-0.25, -0.2) is 14.4 Å². The van der Waals surface area contributed by atoms with Crippen molar-refractivity contribution >= 4 is 23.9 Å². The molecule has 0 radical (unpaired) electrons. The van der Waals surface area contributed by atoms with Crippen molar-refractivity contribution in [3.63, 3.8) is 0 Å². The van der Waals surface area contributed by atoms with E-state index in [1.54, 1.807) is 18.2 Å². The summed E-state index contributed by atoms with van der Waals surface area (Å²) in [6.45, 7) is 8.00. The second kappa shape index (κ2) is 49.6. The molecule has 3 unspecified atom stereocenters. The van der Waals surface area contributed by atoms with Crippen molar-refractivity contribution in [1.29, 1.82) is 0 Å². The summed E-state index contributed by atoms with van der Waals surface area (Å²) in [4.78, 5) is 46.0. The third-order valence-corrected chi connectivity index (χ3v) is 12.0. The zero-order chi connectivity index (χ0) is 52.2. The summed E-state index contributed by atoms with van der Waals surface area (Å²) >= 11 is 0. The van der Waals surface area contributed by atoms with E-state index in [4.69, 9.17) is 18.9 Å². The van der Waals surface area contributed by atoms with E-state index in [-0.39, 0.29) is 48.3 Å². The number of carbonyl (C=O) groups is 4. The highest BCUT2D eigenvalue weighted by Crippen LogP contribution is 2.15. The van der Waals surface area contributed by atoms with Gasteiger partial charge in [0.05, 0.1) is 18.3 Å². The number of rotatable bonds is 2. The Kier molecular flexibility index (Phi) is 44.8. The molecule has 0 saturated heterocycles. The van der Waals surface area contributed by atoms with Gasteiger partial charge in [0.15, 0.2) is 0 Å². The minimum absolute atomic E-state index is 0.0103. The molecule has 4 rings (SSSR count). The molecular formula is C64H98O8. The molecule has 4 aliphatic rings. The molecule has 8 nitrogen and oxygen atoms in total. The van der Waals surface area contributed by atoms with Crippen LogP contribution < -0.4 is 0 Å². The second-order valence-corrected chi connectivity index (χ2v) is 19.1. The molecule has 0 fully saturated rings. The van der Waals surface area contributed by atoms with Crippen LogP contribution in [-0.2, 0) is 38.1 Å². The van der Waals surface area contributed by atoms with E-state index >= 15 is 0 Å². The Morgan fingerprint density at radius 3 is 1.28 bits per heavy atom. The average molecular weight is 995 g/mol. The molecule has 0 bridgehead atoms. The molecule has 0 spiro atoms. The van der Waals surface area contributed by atoms with E-state index in [9.17, 15) is 19.2 Å². The molecule has 0 N–H and O–H groups in total. The Morgan fingerprint density at radius 2 is 0.750 bits per heavy atom. The first-order valence-corrected chi connectivity index (χ1v) is 28.2. The Labute approximate surface area is 438 Å². The minimum atomic E-state index is -0.246. The maximum atomic E-state index is 11.8. The van der Waals surface area contributed by atoms with Crippen LogP contribution in [0.5, 0.6) is 0 Å². The molecule has 0 aromatic carbocycles. The smallest absolute Gasteiger partial charge is 0.331 e. The molecule has 0 aliphatic carbocycles. The van der Waals surface area contributed by atoms with Crippen molar-refractivity contribution in [2.24, 2.45) is 0 Å². The predicted molar refractivity (Wildman–Crippen MR) is 301 cm³/mol. The third-order valence-electron chi connectivity index (χ3n) is 12.0. The Hall–Kier alpha value is -4.98. The molecule has 0 amide bonds. The summed E-state index contributed by atoms with van der Waals surface area (Å²) in [5.74, 6) is -0.730. The topological polar surface area (TPSA) is 105 Å². The number of cyclic esters (lactones) is 4. The van der Waals surface area contributed by atoms with Gasteiger partial charge in [0, 0.05) is 31.1 Å². The van der Waals surface area contributed by atoms with Crippen LogP contribution in [0.25, 0.3) is 0 Å². The zero-order valence-corrected chi connectivity index (χ0v) is 45.5. The number of allylic oxidation sites excluding steroid dienone is 18. The van der Waals surface area contributed by atoms with Crippen LogP contribution in [0.2, 0.25) is 0 Å². The molecule has 72 heavy (non-hydrogen) atoms. The number of hydrogen-bond donors (Lipinski definition) is 0. The zero-order valence-electron chi connectivity index (χ0n) is 45.5. The fraction of sp³-hybridized carbons (Fsp3) is 0.594. The number of hydrogen-bond acceptors (Lipinski definition) is 8. The van der Waals surface area contributed by atoms with Crippen molar-refractivity contribution in [3.8, 4) is 0 Å². The average Bonchev–Trinajstić information content (AvgIpc) is 3.34. The maximum absolute atomic E-state index is 11.8. The van der Waals surface area contributed by atoms with Crippen LogP contribution in [0.1, 0.15) is 220 Å². The van der Waals surface area contributed by atoms with Gasteiger partial charge in [0.25, 0.3) is 0 Å². The molecular weight excluding hydrogens is 897 g/mol. The van der Waals surface area contributed by atoms with E-state index in [0.29, 0.717) is 6.42 Å². The molecule has 402 valence electrons. The highest BCUT2D eigenvalue weighted by molar-refractivity contribution is 5.83. The van der Waals surface area contributed by atoms with Gasteiger partial charge in [-0.3, -0.25) is 4.79 Å². The first-order chi connectivity index (χ1) is 35.2. The van der Waals surface area contributed by atoms with Crippen molar-refractivity contribution in [2.45, 2.75) is 245 Å². The van der Waals surface area contributed by atoms with Crippen molar-refractivity contribution < 1.29 is 38.1 Å². The molecule has 0 saturated carbocycles. The highest BCUT2D eigenvalue weighted by atomic mass is 16.6. The van der Waals surface area contributed by atoms with E-state index in [0.717, 1.165) is 135 Å². The van der Waals surface area contributed by atoms with Gasteiger partial charge in [0.1, 0.15) is 6.10 Å². The normalized spacial score (nSPS) is 28.6. The Balaban J connectivity index is 0.000000481. The van der Waals surface area contributed by atoms with Crippen LogP contribution in [0.4, 0.5) is 0 Å². The quantitative estimate of drug-likeness (QED) is 0.153. The Morgan fingerprint density at radius 1 is 0.375 bits per heavy atom. The lowest BCUT2D eigenvalue weighted by Gasteiger charge is -2.15. The fourth-order valence-electron chi connectivity index (χ4n) is 7.82. The molecule has 4 aliphatic heterocycles. The van der Waals surface area contributed by atoms with E-state index in [1.807, 2.05) is 39.0 Å². The van der Waals surface area contributed by atoms with Crippen LogP contribution in [0.15, 0.2) is 134 Å². The van der Waals surface area contributed by atoms with Gasteiger partial charge in [-0.15, -0.1) is 0 Å². The van der Waals surface area contributed by atoms with Crippen LogP contribution in [0.3, 0.4) is 0 Å². The molecule has 4 atom stereocenters. The maximum Gasteiger partial charge on any atom is 0.331 e. The highest BCUT2D eigenvalue weighted by Gasteiger charge is 2.12. The Bertz CT molecular complexity index is 1650. The standard InChI is InChI=1S/C18H30O2.2C16H24O2.C14H20O2/c1-2-14-17-15-12-10-8-6-4-3-5-7-9-11-13-16-18(19)20-17;2*1-15-13-11-9-7-5-3-2-4-6-8-10-12-14-16(17)18-15;1-13-11-9-7-5-3-2-4-6-8-10-12-14(15)16-13/h4,6,10,12,17H,2-3,5,7-9,11,13-16H2,1H3;2*3,5,8,10,12,14-15H,2,4,6-7,9,11,13H2,1H3;3,5-6,8,10,12-13H,2,4,7,9,11H2,1H3/b6-4-,12-10-;5-3-,10-8+,14-12+;5-3-,10-8+,14-12-;5-3+,8-6+,12-10+/t;;;13-/m...0/s1. The van der Waals surface area contributed by atoms with Gasteiger partial charge >= 0.3 is 23.9 Å². The summed E-state index contributed by atoms with van der Waals surface area (Å²) in [5.41, 5.74) is 0. The lowest BCUT2D eigenvalue weighted by Crippen LogP contribution is -2.17. The molecule has 0 aromatic rings. The lowest BCUT2D eigenvalue weighted by molar-refractivity contribution is -0.149. The molecule has 0 aromatic heterocycles. The van der Waals surface area contributed by atoms with Gasteiger partial charge in [-0.1, -0.05) is 148 Å². The largest absolute Gasteiger partial charge is 0.462 e.